The van der Waals surface area contributed by atoms with E-state index >= 15 is 0 Å². The van der Waals surface area contributed by atoms with Crippen LogP contribution in [0.25, 0.3) is 0 Å². The summed E-state index contributed by atoms with van der Waals surface area (Å²) < 4.78 is 0. The molecule has 0 fully saturated rings. The Balaban J connectivity index is 0.00000169. The molecule has 0 amide bonds. The fourth-order valence-electron chi connectivity index (χ4n) is 0.818. The molecule has 0 aliphatic carbocycles. The highest BCUT2D eigenvalue weighted by atomic mass is 16.6. The second-order valence-electron chi connectivity index (χ2n) is 2.04. The first kappa shape index (κ1) is 11.8. The van der Waals surface area contributed by atoms with Gasteiger partial charge in [-0.15, -0.1) is 0 Å². The Morgan fingerprint density at radius 3 is 2.29 bits per heavy atom. The molecule has 10 nitrogen and oxygen atoms in total. The number of nitrogens with one attached hydrogen (secondary N) is 2. The van der Waals surface area contributed by atoms with Gasteiger partial charge in [0.05, 0.1) is 0 Å². The van der Waals surface area contributed by atoms with Gasteiger partial charge >= 0.3 is 11.6 Å². The molecule has 0 unspecified atom stereocenters. The maximum absolute atomic E-state index is 10.3. The Bertz CT molecular complexity index is 328. The highest BCUT2D eigenvalue weighted by Gasteiger charge is 2.30. The zero-order chi connectivity index (χ0) is 10.0. The van der Waals surface area contributed by atoms with E-state index in [1.807, 2.05) is 5.10 Å². The van der Waals surface area contributed by atoms with E-state index in [0.29, 0.717) is 0 Å². The molecule has 4 N–H and O–H groups in total. The van der Waals surface area contributed by atoms with E-state index in [2.05, 4.69) is 10.4 Å². The summed E-state index contributed by atoms with van der Waals surface area (Å²) in [5.41, 5.74) is -0.227. The van der Waals surface area contributed by atoms with E-state index in [-0.39, 0.29) is 11.2 Å². The summed E-state index contributed by atoms with van der Waals surface area (Å²) in [5.74, 6) is -1.11. The minimum absolute atomic E-state index is 0. The molecule has 0 saturated carbocycles. The van der Waals surface area contributed by atoms with Crippen molar-refractivity contribution in [3.05, 3.63) is 20.2 Å². The number of nitrogens with zero attached hydrogens (tertiary/aromatic N) is 3. The van der Waals surface area contributed by atoms with Crippen LogP contribution in [0, 0.1) is 20.2 Å². The van der Waals surface area contributed by atoms with E-state index in [1.165, 1.54) is 7.05 Å². The Morgan fingerprint density at radius 2 is 1.93 bits per heavy atom. The molecule has 0 atom stereocenters. The molecule has 1 heterocycles. The van der Waals surface area contributed by atoms with Crippen molar-refractivity contribution >= 4 is 17.3 Å². The summed E-state index contributed by atoms with van der Waals surface area (Å²) >= 11 is 0. The molecule has 78 valence electrons. The first-order valence-electron chi connectivity index (χ1n) is 3.12. The highest BCUT2D eigenvalue weighted by Crippen LogP contribution is 2.29. The van der Waals surface area contributed by atoms with Gasteiger partial charge in [0.15, 0.2) is 0 Å². The number of aromatic nitrogens is 2. The number of rotatable bonds is 3. The fraction of sp³-hybridized carbons (Fsp3) is 0.250. The predicted octanol–water partition coefficient (Wildman–Crippen LogP) is -0.557. The zero-order valence-corrected chi connectivity index (χ0v) is 6.97. The van der Waals surface area contributed by atoms with Gasteiger partial charge in [-0.25, -0.2) is 0 Å². The summed E-state index contributed by atoms with van der Waals surface area (Å²) in [6.45, 7) is 0. The quantitative estimate of drug-likeness (QED) is 0.497. The summed E-state index contributed by atoms with van der Waals surface area (Å²) in [7, 11) is 1.34. The van der Waals surface area contributed by atoms with Crippen molar-refractivity contribution in [2.45, 2.75) is 0 Å². The molecule has 1 rings (SSSR count). The maximum Gasteiger partial charge on any atom is 0.443 e. The average molecular weight is 205 g/mol. The highest BCUT2D eigenvalue weighted by molar-refractivity contribution is 5.67. The minimum Gasteiger partial charge on any atom is -0.412 e. The van der Waals surface area contributed by atoms with Gasteiger partial charge in [-0.1, -0.05) is 0 Å². The maximum atomic E-state index is 10.3. The fourth-order valence-corrected chi connectivity index (χ4v) is 0.818. The topological polar surface area (TPSA) is 158 Å². The van der Waals surface area contributed by atoms with Crippen LogP contribution in [0.5, 0.6) is 0 Å². The lowest BCUT2D eigenvalue weighted by Crippen LogP contribution is -1.97. The molecular formula is C4H7N5O5. The van der Waals surface area contributed by atoms with Crippen LogP contribution >= 0.6 is 0 Å². The van der Waals surface area contributed by atoms with Crippen molar-refractivity contribution in [2.75, 3.05) is 12.4 Å². The first-order valence-corrected chi connectivity index (χ1v) is 3.12. The minimum atomic E-state index is -0.810. The second-order valence-corrected chi connectivity index (χ2v) is 2.04. The van der Waals surface area contributed by atoms with E-state index in [4.69, 9.17) is 0 Å². The van der Waals surface area contributed by atoms with Crippen molar-refractivity contribution in [1.29, 1.82) is 0 Å². The lowest BCUT2D eigenvalue weighted by molar-refractivity contribution is -0.392. The molecule has 0 saturated heterocycles. The Morgan fingerprint density at radius 1 is 1.36 bits per heavy atom. The normalized spacial score (nSPS) is 8.93. The average Bonchev–Trinajstić information content (AvgIpc) is 2.46. The smallest absolute Gasteiger partial charge is 0.412 e. The van der Waals surface area contributed by atoms with Crippen molar-refractivity contribution in [3.8, 4) is 0 Å². The van der Waals surface area contributed by atoms with Crippen LogP contribution in [-0.4, -0.2) is 32.6 Å². The van der Waals surface area contributed by atoms with Crippen LogP contribution < -0.4 is 5.32 Å². The Kier molecular flexibility index (Phi) is 3.48. The molecule has 14 heavy (non-hydrogen) atoms. The molecule has 10 heteroatoms. The standard InChI is InChI=1S/C4H5N5O4.H2O/c1-5-2-3(8(10)11)6-7-4(2)9(12)13;/h5H,1H3,(H,6,7);1H2. The second kappa shape index (κ2) is 4.13. The van der Waals surface area contributed by atoms with Gasteiger partial charge in [0.25, 0.3) is 0 Å². The van der Waals surface area contributed by atoms with E-state index in [0.717, 1.165) is 0 Å². The number of aromatic amines is 1. The molecule has 0 aliphatic rings. The first-order chi connectivity index (χ1) is 6.07. The third-order valence-electron chi connectivity index (χ3n) is 1.33. The molecule has 1 aromatic heterocycles. The molecule has 0 radical (unpaired) electrons. The SMILES string of the molecule is CNc1c([N+](=O)[O-])n[nH]c1[N+](=O)[O-].O. The Hall–Kier alpha value is -2.23. The van der Waals surface area contributed by atoms with Crippen molar-refractivity contribution in [2.24, 2.45) is 0 Å². The van der Waals surface area contributed by atoms with Gasteiger partial charge in [0.2, 0.25) is 5.69 Å². The zero-order valence-electron chi connectivity index (χ0n) is 6.97. The number of anilines is 1. The van der Waals surface area contributed by atoms with E-state index in [9.17, 15) is 20.2 Å². The van der Waals surface area contributed by atoms with Crippen LogP contribution in [0.2, 0.25) is 0 Å². The predicted molar refractivity (Wildman–Crippen MR) is 45.1 cm³/mol. The third-order valence-corrected chi connectivity index (χ3v) is 1.33. The van der Waals surface area contributed by atoms with Crippen molar-refractivity contribution in [1.82, 2.24) is 10.2 Å². The molecule has 1 aromatic rings. The monoisotopic (exact) mass is 205 g/mol. The van der Waals surface area contributed by atoms with Crippen molar-refractivity contribution in [3.63, 3.8) is 0 Å². The summed E-state index contributed by atoms with van der Waals surface area (Å²) in [4.78, 5) is 19.0. The van der Waals surface area contributed by atoms with Crippen LogP contribution in [0.4, 0.5) is 17.3 Å². The largest absolute Gasteiger partial charge is 0.443 e. The lowest BCUT2D eigenvalue weighted by Gasteiger charge is -1.94. The third kappa shape index (κ3) is 1.74. The van der Waals surface area contributed by atoms with E-state index in [1.54, 1.807) is 0 Å². The summed E-state index contributed by atoms with van der Waals surface area (Å²) in [5, 5.41) is 28.0. The molecule has 0 spiro atoms. The number of hydrogen-bond acceptors (Lipinski definition) is 6. The molecule has 0 aliphatic heterocycles. The van der Waals surface area contributed by atoms with Crippen LogP contribution in [0.3, 0.4) is 0 Å². The lowest BCUT2D eigenvalue weighted by atomic mass is 10.5. The number of nitro groups is 2. The summed E-state index contributed by atoms with van der Waals surface area (Å²) in [6.07, 6.45) is 0. The van der Waals surface area contributed by atoms with Crippen LogP contribution in [0.15, 0.2) is 0 Å². The van der Waals surface area contributed by atoms with Crippen molar-refractivity contribution < 1.29 is 15.3 Å². The van der Waals surface area contributed by atoms with E-state index < -0.39 is 21.5 Å². The summed E-state index contributed by atoms with van der Waals surface area (Å²) in [6, 6.07) is 0. The van der Waals surface area contributed by atoms with Crippen LogP contribution in [-0.2, 0) is 0 Å². The van der Waals surface area contributed by atoms with Gasteiger partial charge in [0, 0.05) is 7.05 Å². The molecule has 0 aromatic carbocycles. The Labute approximate surface area is 76.5 Å². The number of hydrogen-bond donors (Lipinski definition) is 2. The molecule has 0 bridgehead atoms. The van der Waals surface area contributed by atoms with Gasteiger partial charge in [0.1, 0.15) is 5.10 Å². The van der Waals surface area contributed by atoms with Gasteiger partial charge in [-0.2, -0.15) is 0 Å². The van der Waals surface area contributed by atoms with Crippen LogP contribution in [0.1, 0.15) is 0 Å². The number of H-pyrrole nitrogens is 1. The molecular weight excluding hydrogens is 198 g/mol. The van der Waals surface area contributed by atoms with Gasteiger partial charge in [-0.3, -0.25) is 0 Å². The van der Waals surface area contributed by atoms with Gasteiger partial charge in [-0.05, 0) is 14.9 Å². The van der Waals surface area contributed by atoms with Gasteiger partial charge < -0.3 is 31.0 Å².